The molecule has 0 aliphatic rings. The molecule has 0 bridgehead atoms. The van der Waals surface area contributed by atoms with E-state index in [1.165, 1.54) is 5.56 Å². The molecule has 1 rings (SSSR count). The molecule has 0 radical (unpaired) electrons. The predicted octanol–water partition coefficient (Wildman–Crippen LogP) is 2.94. The number of hydrogen-bond acceptors (Lipinski definition) is 2. The van der Waals surface area contributed by atoms with Crippen molar-refractivity contribution in [1.82, 2.24) is 5.32 Å². The van der Waals surface area contributed by atoms with Crippen LogP contribution in [0.5, 0.6) is 0 Å². The lowest BCUT2D eigenvalue weighted by molar-refractivity contribution is -0.121. The van der Waals surface area contributed by atoms with Crippen LogP contribution in [0.2, 0.25) is 0 Å². The van der Waals surface area contributed by atoms with Gasteiger partial charge in [-0.2, -0.15) is 0 Å². The molecular formula is C15H24N2O. The third-order valence-corrected chi connectivity index (χ3v) is 3.10. The summed E-state index contributed by atoms with van der Waals surface area (Å²) in [6.45, 7) is 12.7. The Kier molecular flexibility index (Phi) is 4.52. The largest absolute Gasteiger partial charge is 0.324 e. The fourth-order valence-electron chi connectivity index (χ4n) is 2.17. The zero-order valence-electron chi connectivity index (χ0n) is 12.3. The molecule has 0 spiro atoms. The molecule has 3 heteroatoms. The van der Waals surface area contributed by atoms with Crippen LogP contribution in [0, 0.1) is 20.8 Å². The Morgan fingerprint density at radius 3 is 2.11 bits per heavy atom. The van der Waals surface area contributed by atoms with Crippen LogP contribution < -0.4 is 10.6 Å². The first kappa shape index (κ1) is 14.7. The summed E-state index contributed by atoms with van der Waals surface area (Å²) >= 11 is 0. The molecule has 2 N–H and O–H groups in total. The average Bonchev–Trinajstić information content (AvgIpc) is 2.22. The van der Waals surface area contributed by atoms with E-state index < -0.39 is 5.54 Å². The highest BCUT2D eigenvalue weighted by atomic mass is 16.2. The summed E-state index contributed by atoms with van der Waals surface area (Å²) in [5, 5.41) is 6.21. The minimum absolute atomic E-state index is 0.000553. The van der Waals surface area contributed by atoms with Crippen LogP contribution in [0.4, 0.5) is 5.69 Å². The number of aryl methyl sites for hydroxylation is 3. The number of rotatable bonds is 4. The van der Waals surface area contributed by atoms with Gasteiger partial charge in [0.2, 0.25) is 5.91 Å². The first-order valence-corrected chi connectivity index (χ1v) is 6.42. The molecule has 0 saturated heterocycles. The molecule has 0 fully saturated rings. The second kappa shape index (κ2) is 5.53. The van der Waals surface area contributed by atoms with E-state index in [9.17, 15) is 4.79 Å². The van der Waals surface area contributed by atoms with Crippen molar-refractivity contribution in [2.75, 3.05) is 11.9 Å². The van der Waals surface area contributed by atoms with Gasteiger partial charge in [0.25, 0.3) is 0 Å². The fourth-order valence-corrected chi connectivity index (χ4v) is 2.17. The van der Waals surface area contributed by atoms with Crippen LogP contribution in [0.3, 0.4) is 0 Å². The van der Waals surface area contributed by atoms with Crippen molar-refractivity contribution in [1.29, 1.82) is 0 Å². The van der Waals surface area contributed by atoms with Crippen molar-refractivity contribution in [3.63, 3.8) is 0 Å². The first-order valence-electron chi connectivity index (χ1n) is 6.42. The van der Waals surface area contributed by atoms with Gasteiger partial charge in [0.15, 0.2) is 0 Å². The monoisotopic (exact) mass is 248 g/mol. The maximum absolute atomic E-state index is 12.2. The smallest absolute Gasteiger partial charge is 0.244 e. The molecule has 0 unspecified atom stereocenters. The van der Waals surface area contributed by atoms with E-state index in [-0.39, 0.29) is 5.91 Å². The zero-order chi connectivity index (χ0) is 13.9. The van der Waals surface area contributed by atoms with Crippen LogP contribution in [0.25, 0.3) is 0 Å². The Hall–Kier alpha value is -1.35. The highest BCUT2D eigenvalue weighted by molar-refractivity contribution is 5.98. The number of likely N-dealkylation sites (N-methyl/N-ethyl adjacent to an activating group) is 1. The third-order valence-electron chi connectivity index (χ3n) is 3.10. The maximum atomic E-state index is 12.2. The van der Waals surface area contributed by atoms with Crippen LogP contribution >= 0.6 is 0 Å². The highest BCUT2D eigenvalue weighted by Crippen LogP contribution is 2.23. The zero-order valence-corrected chi connectivity index (χ0v) is 12.3. The molecule has 100 valence electrons. The van der Waals surface area contributed by atoms with Crippen molar-refractivity contribution in [2.45, 2.75) is 47.1 Å². The van der Waals surface area contributed by atoms with Crippen molar-refractivity contribution in [3.8, 4) is 0 Å². The summed E-state index contributed by atoms with van der Waals surface area (Å²) in [5.41, 5.74) is 3.80. The number of hydrogen-bond donors (Lipinski definition) is 2. The van der Waals surface area contributed by atoms with Crippen molar-refractivity contribution in [2.24, 2.45) is 0 Å². The van der Waals surface area contributed by atoms with Gasteiger partial charge in [-0.05, 0) is 52.3 Å². The molecule has 1 aromatic rings. The van der Waals surface area contributed by atoms with Crippen molar-refractivity contribution in [3.05, 3.63) is 28.8 Å². The van der Waals surface area contributed by atoms with Gasteiger partial charge in [0.05, 0.1) is 5.54 Å². The SMILES string of the molecule is CCNC(C)(C)C(=O)Nc1c(C)cc(C)cc1C. The van der Waals surface area contributed by atoms with Crippen LogP contribution in [-0.2, 0) is 4.79 Å². The molecular weight excluding hydrogens is 224 g/mol. The number of anilines is 1. The van der Waals surface area contributed by atoms with Gasteiger partial charge in [-0.25, -0.2) is 0 Å². The van der Waals surface area contributed by atoms with Crippen LogP contribution in [-0.4, -0.2) is 18.0 Å². The number of carbonyl (C=O) groups excluding carboxylic acids is 1. The van der Waals surface area contributed by atoms with Crippen LogP contribution in [0.15, 0.2) is 12.1 Å². The molecule has 0 aliphatic heterocycles. The fraction of sp³-hybridized carbons (Fsp3) is 0.533. The Morgan fingerprint density at radius 1 is 1.17 bits per heavy atom. The molecule has 3 nitrogen and oxygen atoms in total. The van der Waals surface area contributed by atoms with Crippen LogP contribution in [0.1, 0.15) is 37.5 Å². The van der Waals surface area contributed by atoms with Gasteiger partial charge in [-0.3, -0.25) is 4.79 Å². The van der Waals surface area contributed by atoms with Crippen molar-refractivity contribution < 1.29 is 4.79 Å². The molecule has 0 heterocycles. The molecule has 0 aromatic heterocycles. The second-order valence-corrected chi connectivity index (χ2v) is 5.38. The highest BCUT2D eigenvalue weighted by Gasteiger charge is 2.26. The molecule has 0 aliphatic carbocycles. The molecule has 1 aromatic carbocycles. The Morgan fingerprint density at radius 2 is 1.67 bits per heavy atom. The quantitative estimate of drug-likeness (QED) is 0.860. The lowest BCUT2D eigenvalue weighted by atomic mass is 10.0. The van der Waals surface area contributed by atoms with Gasteiger partial charge in [0, 0.05) is 5.69 Å². The minimum Gasteiger partial charge on any atom is -0.324 e. The first-order chi connectivity index (χ1) is 8.27. The Labute approximate surface area is 110 Å². The van der Waals surface area contributed by atoms with E-state index in [4.69, 9.17) is 0 Å². The maximum Gasteiger partial charge on any atom is 0.244 e. The lowest BCUT2D eigenvalue weighted by Gasteiger charge is -2.25. The van der Waals surface area contributed by atoms with Gasteiger partial charge >= 0.3 is 0 Å². The van der Waals surface area contributed by atoms with E-state index in [1.54, 1.807) is 0 Å². The van der Waals surface area contributed by atoms with Gasteiger partial charge in [0.1, 0.15) is 0 Å². The number of benzene rings is 1. The molecule has 18 heavy (non-hydrogen) atoms. The molecule has 1 amide bonds. The standard InChI is InChI=1S/C15H24N2O/c1-7-16-15(5,6)14(18)17-13-11(3)8-10(2)9-12(13)4/h8-9,16H,7H2,1-6H3,(H,17,18). The van der Waals surface area contributed by atoms with E-state index in [0.29, 0.717) is 0 Å². The summed E-state index contributed by atoms with van der Waals surface area (Å²) in [7, 11) is 0. The van der Waals surface area contributed by atoms with E-state index in [0.717, 1.165) is 23.4 Å². The van der Waals surface area contributed by atoms with Crippen molar-refractivity contribution >= 4 is 11.6 Å². The molecule has 0 atom stereocenters. The summed E-state index contributed by atoms with van der Waals surface area (Å²) in [4.78, 5) is 12.2. The topological polar surface area (TPSA) is 41.1 Å². The summed E-state index contributed by atoms with van der Waals surface area (Å²) in [5.74, 6) is -0.000553. The normalized spacial score (nSPS) is 11.4. The summed E-state index contributed by atoms with van der Waals surface area (Å²) in [6.07, 6.45) is 0. The average molecular weight is 248 g/mol. The van der Waals surface area contributed by atoms with E-state index in [2.05, 4.69) is 29.7 Å². The van der Waals surface area contributed by atoms with E-state index >= 15 is 0 Å². The van der Waals surface area contributed by atoms with Gasteiger partial charge in [-0.1, -0.05) is 24.6 Å². The second-order valence-electron chi connectivity index (χ2n) is 5.38. The Balaban J connectivity index is 2.95. The Bertz CT molecular complexity index is 427. The number of carbonyl (C=O) groups is 1. The number of amides is 1. The third kappa shape index (κ3) is 3.33. The van der Waals surface area contributed by atoms with Gasteiger partial charge in [-0.15, -0.1) is 0 Å². The molecule has 0 saturated carbocycles. The minimum atomic E-state index is -0.557. The number of nitrogens with one attached hydrogen (secondary N) is 2. The summed E-state index contributed by atoms with van der Waals surface area (Å²) < 4.78 is 0. The van der Waals surface area contributed by atoms with Gasteiger partial charge < -0.3 is 10.6 Å². The predicted molar refractivity (Wildman–Crippen MR) is 77.0 cm³/mol. The summed E-state index contributed by atoms with van der Waals surface area (Å²) in [6, 6.07) is 4.17. The lowest BCUT2D eigenvalue weighted by Crippen LogP contribution is -2.49. The van der Waals surface area contributed by atoms with E-state index in [1.807, 2.05) is 34.6 Å².